The van der Waals surface area contributed by atoms with Crippen LogP contribution in [0, 0.1) is 6.92 Å². The standard InChI is InChI=1S/C17H19NO2S/c1-13-9-10-21-16(13)7-8-17(20)18-15(12-19)11-14-5-3-2-4-6-14/h2-10,15,19H,11-12H2,1H3,(H,18,20)/b8-7+/t15-/m1/s1. The summed E-state index contributed by atoms with van der Waals surface area (Å²) in [5, 5.41) is 14.2. The van der Waals surface area contributed by atoms with Gasteiger partial charge in [0.25, 0.3) is 0 Å². The molecule has 0 aliphatic rings. The molecule has 21 heavy (non-hydrogen) atoms. The zero-order valence-corrected chi connectivity index (χ0v) is 12.8. The van der Waals surface area contributed by atoms with Crippen molar-refractivity contribution in [1.82, 2.24) is 5.32 Å². The normalized spacial score (nSPS) is 12.5. The monoisotopic (exact) mass is 301 g/mol. The molecule has 3 nitrogen and oxygen atoms in total. The summed E-state index contributed by atoms with van der Waals surface area (Å²) in [6, 6.07) is 11.6. The van der Waals surface area contributed by atoms with Gasteiger partial charge in [0, 0.05) is 11.0 Å². The van der Waals surface area contributed by atoms with Crippen molar-refractivity contribution in [2.45, 2.75) is 19.4 Å². The molecule has 0 saturated carbocycles. The Morgan fingerprint density at radius 2 is 2.10 bits per heavy atom. The molecule has 2 N–H and O–H groups in total. The van der Waals surface area contributed by atoms with Crippen molar-refractivity contribution in [3.8, 4) is 0 Å². The van der Waals surface area contributed by atoms with E-state index in [2.05, 4.69) is 5.32 Å². The van der Waals surface area contributed by atoms with Crippen LogP contribution in [0.3, 0.4) is 0 Å². The lowest BCUT2D eigenvalue weighted by atomic mass is 10.1. The molecule has 1 aromatic heterocycles. The van der Waals surface area contributed by atoms with Gasteiger partial charge in [-0.15, -0.1) is 11.3 Å². The third kappa shape index (κ3) is 4.85. The Labute approximate surface area is 128 Å². The summed E-state index contributed by atoms with van der Waals surface area (Å²) in [5.74, 6) is -0.183. The van der Waals surface area contributed by atoms with Gasteiger partial charge in [-0.25, -0.2) is 0 Å². The Morgan fingerprint density at radius 1 is 1.33 bits per heavy atom. The van der Waals surface area contributed by atoms with Crippen molar-refractivity contribution < 1.29 is 9.90 Å². The number of benzene rings is 1. The number of aliphatic hydroxyl groups is 1. The first-order valence-electron chi connectivity index (χ1n) is 6.86. The second kappa shape index (κ2) is 7.76. The fraction of sp³-hybridized carbons (Fsp3) is 0.235. The van der Waals surface area contributed by atoms with Gasteiger partial charge in [0.2, 0.25) is 5.91 Å². The number of aryl methyl sites for hydroxylation is 1. The Kier molecular flexibility index (Phi) is 5.72. The molecule has 1 atom stereocenters. The first-order valence-corrected chi connectivity index (χ1v) is 7.74. The first-order chi connectivity index (χ1) is 10.2. The van der Waals surface area contributed by atoms with E-state index < -0.39 is 0 Å². The molecule has 0 unspecified atom stereocenters. The van der Waals surface area contributed by atoms with Crippen LogP contribution < -0.4 is 5.32 Å². The van der Waals surface area contributed by atoms with Gasteiger partial charge in [-0.2, -0.15) is 0 Å². The molecular formula is C17H19NO2S. The largest absolute Gasteiger partial charge is 0.394 e. The average Bonchev–Trinajstić information content (AvgIpc) is 2.91. The molecule has 2 rings (SSSR count). The average molecular weight is 301 g/mol. The van der Waals surface area contributed by atoms with E-state index in [4.69, 9.17) is 0 Å². The molecule has 2 aromatic rings. The van der Waals surface area contributed by atoms with Gasteiger partial charge in [-0.05, 0) is 42.0 Å². The number of amides is 1. The summed E-state index contributed by atoms with van der Waals surface area (Å²) in [5.41, 5.74) is 2.25. The van der Waals surface area contributed by atoms with E-state index in [1.54, 1.807) is 11.3 Å². The van der Waals surface area contributed by atoms with E-state index in [1.807, 2.05) is 54.8 Å². The van der Waals surface area contributed by atoms with Crippen molar-refractivity contribution in [3.63, 3.8) is 0 Å². The van der Waals surface area contributed by atoms with Gasteiger partial charge in [-0.1, -0.05) is 30.3 Å². The smallest absolute Gasteiger partial charge is 0.244 e. The van der Waals surface area contributed by atoms with Crippen molar-refractivity contribution in [1.29, 1.82) is 0 Å². The third-order valence-electron chi connectivity index (χ3n) is 3.18. The van der Waals surface area contributed by atoms with Crippen molar-refractivity contribution in [3.05, 3.63) is 63.9 Å². The highest BCUT2D eigenvalue weighted by molar-refractivity contribution is 7.11. The first kappa shape index (κ1) is 15.5. The zero-order valence-electron chi connectivity index (χ0n) is 12.0. The van der Waals surface area contributed by atoms with Crippen LogP contribution in [0.4, 0.5) is 0 Å². The van der Waals surface area contributed by atoms with Crippen molar-refractivity contribution in [2.24, 2.45) is 0 Å². The molecular weight excluding hydrogens is 282 g/mol. The fourth-order valence-electron chi connectivity index (χ4n) is 2.02. The minimum absolute atomic E-state index is 0.0769. The van der Waals surface area contributed by atoms with Gasteiger partial charge >= 0.3 is 0 Å². The van der Waals surface area contributed by atoms with Gasteiger partial charge in [0.05, 0.1) is 12.6 Å². The summed E-state index contributed by atoms with van der Waals surface area (Å²) in [6.45, 7) is 1.94. The highest BCUT2D eigenvalue weighted by Crippen LogP contribution is 2.16. The van der Waals surface area contributed by atoms with E-state index >= 15 is 0 Å². The molecule has 1 amide bonds. The highest BCUT2D eigenvalue weighted by Gasteiger charge is 2.10. The van der Waals surface area contributed by atoms with Gasteiger partial charge in [0.1, 0.15) is 0 Å². The van der Waals surface area contributed by atoms with Crippen LogP contribution in [0.5, 0.6) is 0 Å². The van der Waals surface area contributed by atoms with Crippen LogP contribution in [0.1, 0.15) is 16.0 Å². The van der Waals surface area contributed by atoms with Crippen LogP contribution in [0.25, 0.3) is 6.08 Å². The Bertz CT molecular complexity index is 604. The minimum atomic E-state index is -0.269. The second-order valence-corrected chi connectivity index (χ2v) is 5.83. The number of hydrogen-bond acceptors (Lipinski definition) is 3. The lowest BCUT2D eigenvalue weighted by Gasteiger charge is -2.15. The van der Waals surface area contributed by atoms with E-state index in [0.29, 0.717) is 6.42 Å². The van der Waals surface area contributed by atoms with Crippen molar-refractivity contribution >= 4 is 23.3 Å². The van der Waals surface area contributed by atoms with Crippen LogP contribution >= 0.6 is 11.3 Å². The third-order valence-corrected chi connectivity index (χ3v) is 4.16. The number of hydrogen-bond donors (Lipinski definition) is 2. The van der Waals surface area contributed by atoms with Crippen molar-refractivity contribution in [2.75, 3.05) is 6.61 Å². The van der Waals surface area contributed by atoms with Gasteiger partial charge < -0.3 is 10.4 Å². The predicted molar refractivity (Wildman–Crippen MR) is 87.3 cm³/mol. The molecule has 0 radical (unpaired) electrons. The lowest BCUT2D eigenvalue weighted by Crippen LogP contribution is -2.38. The highest BCUT2D eigenvalue weighted by atomic mass is 32.1. The summed E-state index contributed by atoms with van der Waals surface area (Å²) in [6.07, 6.45) is 3.95. The molecule has 0 aliphatic heterocycles. The van der Waals surface area contributed by atoms with Crippen LogP contribution in [-0.2, 0) is 11.2 Å². The maximum Gasteiger partial charge on any atom is 0.244 e. The maximum atomic E-state index is 11.9. The second-order valence-electron chi connectivity index (χ2n) is 4.88. The molecule has 4 heteroatoms. The molecule has 1 heterocycles. The quantitative estimate of drug-likeness (QED) is 0.806. The summed E-state index contributed by atoms with van der Waals surface area (Å²) in [7, 11) is 0. The summed E-state index contributed by atoms with van der Waals surface area (Å²) >= 11 is 1.60. The van der Waals surface area contributed by atoms with Crippen LogP contribution in [-0.4, -0.2) is 23.7 Å². The van der Waals surface area contributed by atoms with E-state index in [-0.39, 0.29) is 18.6 Å². The number of carbonyl (C=O) groups is 1. The minimum Gasteiger partial charge on any atom is -0.394 e. The van der Waals surface area contributed by atoms with Crippen LogP contribution in [0.15, 0.2) is 47.9 Å². The van der Waals surface area contributed by atoms with E-state index in [9.17, 15) is 9.90 Å². The number of aliphatic hydroxyl groups excluding tert-OH is 1. The Hall–Kier alpha value is -1.91. The number of thiophene rings is 1. The Balaban J connectivity index is 1.91. The molecule has 0 bridgehead atoms. The van der Waals surface area contributed by atoms with E-state index in [1.165, 1.54) is 6.08 Å². The number of nitrogens with one attached hydrogen (secondary N) is 1. The molecule has 1 aromatic carbocycles. The summed E-state index contributed by atoms with van der Waals surface area (Å²) < 4.78 is 0. The number of rotatable bonds is 6. The summed E-state index contributed by atoms with van der Waals surface area (Å²) in [4.78, 5) is 13.0. The fourth-order valence-corrected chi connectivity index (χ4v) is 2.84. The topological polar surface area (TPSA) is 49.3 Å². The zero-order chi connectivity index (χ0) is 15.1. The van der Waals surface area contributed by atoms with Gasteiger partial charge in [-0.3, -0.25) is 4.79 Å². The maximum absolute atomic E-state index is 11.9. The molecule has 0 fully saturated rings. The van der Waals surface area contributed by atoms with Gasteiger partial charge in [0.15, 0.2) is 0 Å². The lowest BCUT2D eigenvalue weighted by molar-refractivity contribution is -0.117. The molecule has 0 aliphatic carbocycles. The van der Waals surface area contributed by atoms with E-state index in [0.717, 1.165) is 16.0 Å². The Morgan fingerprint density at radius 3 is 2.71 bits per heavy atom. The molecule has 110 valence electrons. The van der Waals surface area contributed by atoms with Crippen LogP contribution in [0.2, 0.25) is 0 Å². The molecule has 0 saturated heterocycles. The molecule has 0 spiro atoms. The SMILES string of the molecule is Cc1ccsc1/C=C/C(=O)N[C@@H](CO)Cc1ccccc1. The number of carbonyl (C=O) groups excluding carboxylic acids is 1. The predicted octanol–water partition coefficient (Wildman–Crippen LogP) is 2.79.